The Hall–Kier alpha value is -1.71. The largest absolute Gasteiger partial charge is 0.489 e. The zero-order chi connectivity index (χ0) is 12.5. The molecule has 1 heterocycles. The highest BCUT2D eigenvalue weighted by molar-refractivity contribution is 5.99. The van der Waals surface area contributed by atoms with Gasteiger partial charge in [0.15, 0.2) is 5.75 Å². The van der Waals surface area contributed by atoms with Gasteiger partial charge in [0, 0.05) is 13.1 Å². The molecule has 1 saturated carbocycles. The Labute approximate surface area is 107 Å². The van der Waals surface area contributed by atoms with E-state index >= 15 is 0 Å². The molecule has 4 heteroatoms. The Morgan fingerprint density at radius 2 is 2.39 bits per heavy atom. The van der Waals surface area contributed by atoms with E-state index in [-0.39, 0.29) is 5.91 Å². The van der Waals surface area contributed by atoms with Gasteiger partial charge in [-0.3, -0.25) is 4.79 Å². The Kier molecular flexibility index (Phi) is 2.86. The van der Waals surface area contributed by atoms with Crippen molar-refractivity contribution in [3.8, 4) is 5.75 Å². The summed E-state index contributed by atoms with van der Waals surface area (Å²) in [5.74, 6) is 2.07. The molecule has 4 nitrogen and oxygen atoms in total. The number of benzene rings is 1. The fourth-order valence-corrected chi connectivity index (χ4v) is 2.35. The highest BCUT2D eigenvalue weighted by atomic mass is 16.5. The molecule has 0 radical (unpaired) electrons. The van der Waals surface area contributed by atoms with Gasteiger partial charge in [-0.25, -0.2) is 0 Å². The van der Waals surface area contributed by atoms with Gasteiger partial charge in [0.1, 0.15) is 6.61 Å². The summed E-state index contributed by atoms with van der Waals surface area (Å²) >= 11 is 0. The van der Waals surface area contributed by atoms with Crippen molar-refractivity contribution >= 4 is 11.6 Å². The quantitative estimate of drug-likeness (QED) is 0.856. The highest BCUT2D eigenvalue weighted by Gasteiger charge is 2.32. The molecule has 1 aromatic carbocycles. The Balaban J connectivity index is 1.72. The first kappa shape index (κ1) is 11.4. The summed E-state index contributed by atoms with van der Waals surface area (Å²) in [6.07, 6.45) is 1.23. The number of amides is 1. The topological polar surface area (TPSA) is 50.4 Å². The molecular formula is C14H18N2O2. The minimum atomic E-state index is -0.0327. The van der Waals surface area contributed by atoms with Crippen molar-refractivity contribution in [3.05, 3.63) is 23.8 Å². The van der Waals surface area contributed by atoms with Crippen molar-refractivity contribution < 1.29 is 9.53 Å². The number of ether oxygens (including phenoxy) is 1. The van der Waals surface area contributed by atoms with Crippen molar-refractivity contribution in [2.45, 2.75) is 13.3 Å². The van der Waals surface area contributed by atoms with Gasteiger partial charge >= 0.3 is 0 Å². The fraction of sp³-hybridized carbons (Fsp3) is 0.500. The fourth-order valence-electron chi connectivity index (χ4n) is 2.35. The molecule has 3 rings (SSSR count). The van der Waals surface area contributed by atoms with E-state index in [1.165, 1.54) is 6.42 Å². The summed E-state index contributed by atoms with van der Waals surface area (Å²) in [6.45, 7) is 4.39. The van der Waals surface area contributed by atoms with Gasteiger partial charge in [0.2, 0.25) is 0 Å². The van der Waals surface area contributed by atoms with Gasteiger partial charge in [-0.1, -0.05) is 13.0 Å². The average Bonchev–Trinajstić information content (AvgIpc) is 3.11. The van der Waals surface area contributed by atoms with Crippen LogP contribution in [0.25, 0.3) is 0 Å². The van der Waals surface area contributed by atoms with Crippen LogP contribution < -0.4 is 15.4 Å². The normalized spacial score (nSPS) is 24.5. The number of carbonyl (C=O) groups is 1. The number of anilines is 1. The molecule has 1 fully saturated rings. The lowest BCUT2D eigenvalue weighted by Crippen LogP contribution is -2.28. The highest BCUT2D eigenvalue weighted by Crippen LogP contribution is 2.37. The lowest BCUT2D eigenvalue weighted by Gasteiger charge is -2.21. The maximum atomic E-state index is 12.1. The molecule has 2 aliphatic rings. The Bertz CT molecular complexity index is 473. The maximum absolute atomic E-state index is 12.1. The number of carbonyl (C=O) groups excluding carboxylic acids is 1. The SMILES string of the molecule is CC1CC1CNC(=O)c1cccc2c1OCCN2. The van der Waals surface area contributed by atoms with Crippen molar-refractivity contribution in [2.24, 2.45) is 11.8 Å². The molecular weight excluding hydrogens is 228 g/mol. The zero-order valence-corrected chi connectivity index (χ0v) is 10.5. The van der Waals surface area contributed by atoms with Crippen LogP contribution >= 0.6 is 0 Å². The van der Waals surface area contributed by atoms with Crippen LogP contribution in [0.15, 0.2) is 18.2 Å². The molecule has 0 saturated heterocycles. The van der Waals surface area contributed by atoms with Crippen LogP contribution in [0.5, 0.6) is 5.75 Å². The monoisotopic (exact) mass is 246 g/mol. The number of hydrogen-bond acceptors (Lipinski definition) is 3. The van der Waals surface area contributed by atoms with Gasteiger partial charge in [0.25, 0.3) is 5.91 Å². The minimum absolute atomic E-state index is 0.0327. The van der Waals surface area contributed by atoms with Crippen LogP contribution in [0.4, 0.5) is 5.69 Å². The minimum Gasteiger partial charge on any atom is -0.489 e. The molecule has 0 spiro atoms. The lowest BCUT2D eigenvalue weighted by molar-refractivity contribution is 0.0947. The summed E-state index contributed by atoms with van der Waals surface area (Å²) in [5, 5.41) is 6.23. The van der Waals surface area contributed by atoms with E-state index in [0.717, 1.165) is 24.7 Å². The summed E-state index contributed by atoms with van der Waals surface area (Å²) in [6, 6.07) is 5.64. The third-order valence-corrected chi connectivity index (χ3v) is 3.72. The van der Waals surface area contributed by atoms with Crippen LogP contribution in [-0.2, 0) is 0 Å². The van der Waals surface area contributed by atoms with E-state index in [2.05, 4.69) is 17.6 Å². The molecule has 18 heavy (non-hydrogen) atoms. The van der Waals surface area contributed by atoms with Crippen molar-refractivity contribution in [3.63, 3.8) is 0 Å². The van der Waals surface area contributed by atoms with Crippen molar-refractivity contribution in [1.82, 2.24) is 5.32 Å². The first-order valence-corrected chi connectivity index (χ1v) is 6.53. The number of para-hydroxylation sites is 1. The summed E-state index contributed by atoms with van der Waals surface area (Å²) < 4.78 is 5.60. The van der Waals surface area contributed by atoms with Gasteiger partial charge < -0.3 is 15.4 Å². The van der Waals surface area contributed by atoms with Crippen LogP contribution in [0.2, 0.25) is 0 Å². The van der Waals surface area contributed by atoms with Crippen molar-refractivity contribution in [2.75, 3.05) is 25.0 Å². The average molecular weight is 246 g/mol. The van der Waals surface area contributed by atoms with Gasteiger partial charge in [-0.2, -0.15) is 0 Å². The molecule has 1 aliphatic heterocycles. The molecule has 0 aromatic heterocycles. The maximum Gasteiger partial charge on any atom is 0.255 e. The molecule has 1 aromatic rings. The lowest BCUT2D eigenvalue weighted by atomic mass is 10.1. The molecule has 0 bridgehead atoms. The summed E-state index contributed by atoms with van der Waals surface area (Å²) in [5.41, 5.74) is 1.54. The molecule has 96 valence electrons. The van der Waals surface area contributed by atoms with Gasteiger partial charge in [-0.05, 0) is 30.4 Å². The van der Waals surface area contributed by atoms with E-state index < -0.39 is 0 Å². The zero-order valence-electron chi connectivity index (χ0n) is 10.5. The van der Waals surface area contributed by atoms with Crippen molar-refractivity contribution in [1.29, 1.82) is 0 Å². The molecule has 1 amide bonds. The van der Waals surface area contributed by atoms with E-state index in [4.69, 9.17) is 4.74 Å². The van der Waals surface area contributed by atoms with Crippen LogP contribution in [0, 0.1) is 11.8 Å². The van der Waals surface area contributed by atoms with E-state index in [1.807, 2.05) is 18.2 Å². The molecule has 2 unspecified atom stereocenters. The Morgan fingerprint density at radius 3 is 3.17 bits per heavy atom. The summed E-state index contributed by atoms with van der Waals surface area (Å²) in [4.78, 5) is 12.1. The van der Waals surface area contributed by atoms with E-state index in [0.29, 0.717) is 23.8 Å². The number of rotatable bonds is 3. The smallest absolute Gasteiger partial charge is 0.255 e. The summed E-state index contributed by atoms with van der Waals surface area (Å²) in [7, 11) is 0. The third-order valence-electron chi connectivity index (χ3n) is 3.72. The number of hydrogen-bond donors (Lipinski definition) is 2. The van der Waals surface area contributed by atoms with Gasteiger partial charge in [0.05, 0.1) is 11.3 Å². The van der Waals surface area contributed by atoms with E-state index in [1.54, 1.807) is 0 Å². The molecule has 1 aliphatic carbocycles. The van der Waals surface area contributed by atoms with Crippen LogP contribution in [-0.4, -0.2) is 25.6 Å². The van der Waals surface area contributed by atoms with Crippen LogP contribution in [0.1, 0.15) is 23.7 Å². The standard InChI is InChI=1S/C14H18N2O2/c1-9-7-10(9)8-16-14(17)11-3-2-4-12-13(11)18-6-5-15-12/h2-4,9-10,15H,5-8H2,1H3,(H,16,17). The molecule has 2 atom stereocenters. The van der Waals surface area contributed by atoms with Gasteiger partial charge in [-0.15, -0.1) is 0 Å². The number of fused-ring (bicyclic) bond motifs is 1. The first-order valence-electron chi connectivity index (χ1n) is 6.53. The predicted octanol–water partition coefficient (Wildman–Crippen LogP) is 1.88. The third kappa shape index (κ3) is 2.15. The second-order valence-electron chi connectivity index (χ2n) is 5.14. The molecule has 2 N–H and O–H groups in total. The number of nitrogens with one attached hydrogen (secondary N) is 2. The predicted molar refractivity (Wildman–Crippen MR) is 70.0 cm³/mol. The Morgan fingerprint density at radius 1 is 1.56 bits per heavy atom. The van der Waals surface area contributed by atoms with Crippen LogP contribution in [0.3, 0.4) is 0 Å². The first-order chi connectivity index (χ1) is 8.75. The second kappa shape index (κ2) is 4.52. The van der Waals surface area contributed by atoms with E-state index in [9.17, 15) is 4.79 Å². The second-order valence-corrected chi connectivity index (χ2v) is 5.14.